The Kier molecular flexibility index (Phi) is 3.44. The Morgan fingerprint density at radius 3 is 3.10 bits per heavy atom. The molecule has 0 aliphatic carbocycles. The highest BCUT2D eigenvalue weighted by Crippen LogP contribution is 2.21. The molecule has 0 radical (unpaired) electrons. The first kappa shape index (κ1) is 13.1. The van der Waals surface area contributed by atoms with Gasteiger partial charge in [-0.1, -0.05) is 6.92 Å². The topological polar surface area (TPSA) is 57.8 Å². The molecule has 1 saturated heterocycles. The number of carboxylic acid groups (broad SMARTS) is 1. The Morgan fingerprint density at radius 2 is 2.35 bits per heavy atom. The monoisotopic (exact) mass is 273 g/mol. The molecule has 1 unspecified atom stereocenters. The van der Waals surface area contributed by atoms with Crippen molar-refractivity contribution < 1.29 is 9.90 Å². The van der Waals surface area contributed by atoms with Crippen LogP contribution in [0.3, 0.4) is 0 Å². The molecule has 0 spiro atoms. The molecule has 1 aliphatic rings. The highest BCUT2D eigenvalue weighted by Gasteiger charge is 2.24. The van der Waals surface area contributed by atoms with Gasteiger partial charge >= 0.3 is 5.97 Å². The summed E-state index contributed by atoms with van der Waals surface area (Å²) in [4.78, 5) is 18.0. The highest BCUT2D eigenvalue weighted by atomic mass is 16.4. The van der Waals surface area contributed by atoms with Crippen LogP contribution in [0.15, 0.2) is 24.5 Å². The van der Waals surface area contributed by atoms with Crippen LogP contribution in [-0.2, 0) is 6.42 Å². The number of imidazole rings is 1. The van der Waals surface area contributed by atoms with Crippen LogP contribution < -0.4 is 0 Å². The number of rotatable bonds is 4. The zero-order chi connectivity index (χ0) is 14.1. The normalized spacial score (nSPS) is 19.8. The SMILES string of the molecule is CCN1CCCC1Cc1ncc2ccc(C(=O)O)cn12. The second-order valence-corrected chi connectivity index (χ2v) is 5.32. The lowest BCUT2D eigenvalue weighted by Gasteiger charge is -2.22. The molecular formula is C15H19N3O2. The van der Waals surface area contributed by atoms with Gasteiger partial charge in [-0.3, -0.25) is 0 Å². The summed E-state index contributed by atoms with van der Waals surface area (Å²) in [6, 6.07) is 3.96. The molecule has 1 atom stereocenters. The minimum absolute atomic E-state index is 0.301. The average molecular weight is 273 g/mol. The first-order valence-corrected chi connectivity index (χ1v) is 7.12. The Bertz CT molecular complexity index is 635. The summed E-state index contributed by atoms with van der Waals surface area (Å²) in [6.07, 6.45) is 6.80. The van der Waals surface area contributed by atoms with Crippen LogP contribution in [0.25, 0.3) is 5.52 Å². The van der Waals surface area contributed by atoms with Crippen molar-refractivity contribution in [2.24, 2.45) is 0 Å². The molecule has 5 heteroatoms. The molecule has 3 rings (SSSR count). The minimum Gasteiger partial charge on any atom is -0.478 e. The van der Waals surface area contributed by atoms with Crippen molar-refractivity contribution in [3.63, 3.8) is 0 Å². The first-order valence-electron chi connectivity index (χ1n) is 7.12. The van der Waals surface area contributed by atoms with E-state index in [1.165, 1.54) is 12.8 Å². The third-order valence-corrected chi connectivity index (χ3v) is 4.17. The van der Waals surface area contributed by atoms with E-state index in [0.717, 1.165) is 30.9 Å². The molecule has 2 aromatic heterocycles. The number of likely N-dealkylation sites (N-methyl/N-ethyl adjacent to an activating group) is 1. The Hall–Kier alpha value is -1.88. The fraction of sp³-hybridized carbons (Fsp3) is 0.467. The molecule has 5 nitrogen and oxygen atoms in total. The van der Waals surface area contributed by atoms with E-state index >= 15 is 0 Å². The number of aromatic carboxylic acids is 1. The van der Waals surface area contributed by atoms with Gasteiger partial charge in [0.2, 0.25) is 0 Å². The van der Waals surface area contributed by atoms with E-state index in [9.17, 15) is 4.79 Å². The van der Waals surface area contributed by atoms with Crippen molar-refractivity contribution in [3.8, 4) is 0 Å². The average Bonchev–Trinajstić information content (AvgIpc) is 3.05. The van der Waals surface area contributed by atoms with E-state index in [2.05, 4.69) is 16.8 Å². The summed E-state index contributed by atoms with van der Waals surface area (Å²) in [5.74, 6) is 0.0519. The number of carboxylic acids is 1. The quantitative estimate of drug-likeness (QED) is 0.926. The first-order chi connectivity index (χ1) is 9.69. The van der Waals surface area contributed by atoms with Gasteiger partial charge in [-0.05, 0) is 38.1 Å². The van der Waals surface area contributed by atoms with Gasteiger partial charge in [-0.25, -0.2) is 9.78 Å². The number of aromatic nitrogens is 2. The van der Waals surface area contributed by atoms with E-state index in [-0.39, 0.29) is 0 Å². The predicted molar refractivity (Wildman–Crippen MR) is 76.1 cm³/mol. The number of fused-ring (bicyclic) bond motifs is 1. The van der Waals surface area contributed by atoms with E-state index < -0.39 is 5.97 Å². The van der Waals surface area contributed by atoms with E-state index in [4.69, 9.17) is 5.11 Å². The van der Waals surface area contributed by atoms with Crippen molar-refractivity contribution >= 4 is 11.5 Å². The largest absolute Gasteiger partial charge is 0.478 e. The smallest absolute Gasteiger partial charge is 0.337 e. The standard InChI is InChI=1S/C15H19N3O2/c1-2-17-7-3-4-12(17)8-14-16-9-13-6-5-11(15(19)20)10-18(13)14/h5-6,9-10,12H,2-4,7-8H2,1H3,(H,19,20). The molecule has 1 N–H and O–H groups in total. The summed E-state index contributed by atoms with van der Waals surface area (Å²) in [7, 11) is 0. The lowest BCUT2D eigenvalue weighted by molar-refractivity contribution is 0.0696. The number of hydrogen-bond donors (Lipinski definition) is 1. The number of hydrogen-bond acceptors (Lipinski definition) is 3. The molecule has 20 heavy (non-hydrogen) atoms. The third-order valence-electron chi connectivity index (χ3n) is 4.17. The fourth-order valence-corrected chi connectivity index (χ4v) is 3.07. The molecule has 2 aromatic rings. The molecule has 106 valence electrons. The molecule has 1 aliphatic heterocycles. The van der Waals surface area contributed by atoms with Gasteiger partial charge in [-0.2, -0.15) is 0 Å². The summed E-state index contributed by atoms with van der Waals surface area (Å²) in [5, 5.41) is 9.10. The number of pyridine rings is 1. The number of likely N-dealkylation sites (tertiary alicyclic amines) is 1. The fourth-order valence-electron chi connectivity index (χ4n) is 3.07. The van der Waals surface area contributed by atoms with Crippen LogP contribution in [0, 0.1) is 0 Å². The van der Waals surface area contributed by atoms with Crippen LogP contribution >= 0.6 is 0 Å². The molecular weight excluding hydrogens is 254 g/mol. The molecule has 3 heterocycles. The Morgan fingerprint density at radius 1 is 1.50 bits per heavy atom. The summed E-state index contributed by atoms with van der Waals surface area (Å²) in [6.45, 7) is 4.41. The Labute approximate surface area is 117 Å². The third kappa shape index (κ3) is 2.29. The summed E-state index contributed by atoms with van der Waals surface area (Å²) < 4.78 is 1.91. The van der Waals surface area contributed by atoms with Crippen molar-refractivity contribution in [1.82, 2.24) is 14.3 Å². The van der Waals surface area contributed by atoms with Gasteiger partial charge in [0.25, 0.3) is 0 Å². The van der Waals surface area contributed by atoms with Gasteiger partial charge in [0.1, 0.15) is 5.82 Å². The minimum atomic E-state index is -0.900. The molecule has 0 aromatic carbocycles. The van der Waals surface area contributed by atoms with Crippen LogP contribution in [0.1, 0.15) is 35.9 Å². The van der Waals surface area contributed by atoms with Gasteiger partial charge in [-0.15, -0.1) is 0 Å². The molecule has 0 amide bonds. The highest BCUT2D eigenvalue weighted by molar-refractivity contribution is 5.87. The molecule has 0 saturated carbocycles. The van der Waals surface area contributed by atoms with Crippen LogP contribution in [0.4, 0.5) is 0 Å². The van der Waals surface area contributed by atoms with E-state index in [0.29, 0.717) is 11.6 Å². The number of nitrogens with zero attached hydrogens (tertiary/aromatic N) is 3. The maximum absolute atomic E-state index is 11.1. The lowest BCUT2D eigenvalue weighted by Crippen LogP contribution is -2.31. The molecule has 1 fully saturated rings. The van der Waals surface area contributed by atoms with Crippen LogP contribution in [0.2, 0.25) is 0 Å². The van der Waals surface area contributed by atoms with Gasteiger partial charge < -0.3 is 14.4 Å². The maximum atomic E-state index is 11.1. The second-order valence-electron chi connectivity index (χ2n) is 5.32. The van der Waals surface area contributed by atoms with Crippen LogP contribution in [-0.4, -0.2) is 44.5 Å². The summed E-state index contributed by atoms with van der Waals surface area (Å²) >= 11 is 0. The molecule has 0 bridgehead atoms. The van der Waals surface area contributed by atoms with Crippen molar-refractivity contribution in [1.29, 1.82) is 0 Å². The zero-order valence-corrected chi connectivity index (χ0v) is 11.6. The van der Waals surface area contributed by atoms with E-state index in [1.807, 2.05) is 16.7 Å². The van der Waals surface area contributed by atoms with Gasteiger partial charge in [0.15, 0.2) is 0 Å². The van der Waals surface area contributed by atoms with Gasteiger partial charge in [0.05, 0.1) is 17.3 Å². The Balaban J connectivity index is 1.91. The van der Waals surface area contributed by atoms with E-state index in [1.54, 1.807) is 12.3 Å². The van der Waals surface area contributed by atoms with Gasteiger partial charge in [0, 0.05) is 18.7 Å². The zero-order valence-electron chi connectivity index (χ0n) is 11.6. The maximum Gasteiger partial charge on any atom is 0.337 e. The second kappa shape index (κ2) is 5.25. The predicted octanol–water partition coefficient (Wildman–Crippen LogP) is 2.06. The summed E-state index contributed by atoms with van der Waals surface area (Å²) in [5.41, 5.74) is 1.25. The van der Waals surface area contributed by atoms with Crippen molar-refractivity contribution in [2.75, 3.05) is 13.1 Å². The lowest BCUT2D eigenvalue weighted by atomic mass is 10.1. The van der Waals surface area contributed by atoms with Crippen molar-refractivity contribution in [3.05, 3.63) is 35.9 Å². The number of carbonyl (C=O) groups is 1. The van der Waals surface area contributed by atoms with Crippen molar-refractivity contribution in [2.45, 2.75) is 32.2 Å². The van der Waals surface area contributed by atoms with Crippen LogP contribution in [0.5, 0.6) is 0 Å².